The number of nitrogens with one attached hydrogen (secondary N) is 1. The number of likely N-dealkylation sites (N-methyl/N-ethyl adjacent to an activating group) is 1. The van der Waals surface area contributed by atoms with Gasteiger partial charge in [-0.3, -0.25) is 0 Å². The predicted octanol–water partition coefficient (Wildman–Crippen LogP) is 4.67. The summed E-state index contributed by atoms with van der Waals surface area (Å²) in [5.41, 5.74) is 2.90. The van der Waals surface area contributed by atoms with Gasteiger partial charge in [0.15, 0.2) is 0 Å². The first-order valence-electron chi connectivity index (χ1n) is 8.62. The summed E-state index contributed by atoms with van der Waals surface area (Å²) >= 11 is 0. The molecule has 0 saturated heterocycles. The lowest BCUT2D eigenvalue weighted by atomic mass is 9.79. The first-order chi connectivity index (χ1) is 10.2. The quantitative estimate of drug-likeness (QED) is 0.751. The molecule has 1 aliphatic rings. The molecule has 0 spiro atoms. The minimum atomic E-state index is 0.228. The van der Waals surface area contributed by atoms with Crippen LogP contribution in [-0.2, 0) is 4.74 Å². The molecule has 1 N–H and O–H groups in total. The summed E-state index contributed by atoms with van der Waals surface area (Å²) in [7, 11) is 0. The van der Waals surface area contributed by atoms with E-state index in [0.717, 1.165) is 19.1 Å². The van der Waals surface area contributed by atoms with Crippen LogP contribution >= 0.6 is 0 Å². The Labute approximate surface area is 130 Å². The Morgan fingerprint density at radius 1 is 1.24 bits per heavy atom. The van der Waals surface area contributed by atoms with Crippen molar-refractivity contribution in [3.05, 3.63) is 35.4 Å². The lowest BCUT2D eigenvalue weighted by Gasteiger charge is -2.32. The van der Waals surface area contributed by atoms with Crippen molar-refractivity contribution in [3.63, 3.8) is 0 Å². The molecule has 2 unspecified atom stereocenters. The van der Waals surface area contributed by atoms with E-state index < -0.39 is 0 Å². The lowest BCUT2D eigenvalue weighted by Crippen LogP contribution is -2.37. The van der Waals surface area contributed by atoms with Gasteiger partial charge in [-0.25, -0.2) is 0 Å². The summed E-state index contributed by atoms with van der Waals surface area (Å²) in [4.78, 5) is 0. The highest BCUT2D eigenvalue weighted by Gasteiger charge is 2.27. The Morgan fingerprint density at radius 2 is 2.00 bits per heavy atom. The number of rotatable bonds is 8. The molecule has 21 heavy (non-hydrogen) atoms. The van der Waals surface area contributed by atoms with Crippen molar-refractivity contribution < 1.29 is 4.74 Å². The average molecular weight is 289 g/mol. The van der Waals surface area contributed by atoms with E-state index in [4.69, 9.17) is 4.74 Å². The summed E-state index contributed by atoms with van der Waals surface area (Å²) in [5, 5.41) is 3.64. The normalized spacial score (nSPS) is 18.5. The summed E-state index contributed by atoms with van der Waals surface area (Å²) in [6.45, 7) is 10.5. The van der Waals surface area contributed by atoms with Crippen molar-refractivity contribution in [2.75, 3.05) is 13.2 Å². The highest BCUT2D eigenvalue weighted by molar-refractivity contribution is 5.30. The second-order valence-corrected chi connectivity index (χ2v) is 6.50. The van der Waals surface area contributed by atoms with Gasteiger partial charge < -0.3 is 10.1 Å². The van der Waals surface area contributed by atoms with Crippen LogP contribution in [0.15, 0.2) is 24.3 Å². The minimum Gasteiger partial charge on any atom is -0.376 e. The molecule has 0 aliphatic heterocycles. The topological polar surface area (TPSA) is 21.3 Å². The highest BCUT2D eigenvalue weighted by Crippen LogP contribution is 2.37. The van der Waals surface area contributed by atoms with Gasteiger partial charge in [-0.2, -0.15) is 0 Å². The number of hydrogen-bond donors (Lipinski definition) is 1. The van der Waals surface area contributed by atoms with Crippen LogP contribution in [0, 0.1) is 5.92 Å². The lowest BCUT2D eigenvalue weighted by molar-refractivity contribution is 0.00315. The number of hydrogen-bond acceptors (Lipinski definition) is 2. The van der Waals surface area contributed by atoms with E-state index in [9.17, 15) is 0 Å². The SMILES string of the molecule is CCNC(c1cccc(C2CCC2)c1)C(OCC)C(C)C. The standard InChI is InChI=1S/C19H31NO/c1-5-20-18(19(14(3)4)21-6-2)17-12-8-11-16(13-17)15-9-7-10-15/h8,11-15,18-20H,5-7,9-10H2,1-4H3. The van der Waals surface area contributed by atoms with E-state index in [-0.39, 0.29) is 12.1 Å². The zero-order chi connectivity index (χ0) is 15.2. The Balaban J connectivity index is 2.23. The van der Waals surface area contributed by atoms with Crippen molar-refractivity contribution in [3.8, 4) is 0 Å². The van der Waals surface area contributed by atoms with Crippen LogP contribution in [0.1, 0.15) is 70.0 Å². The Kier molecular flexibility index (Phi) is 6.25. The monoisotopic (exact) mass is 289 g/mol. The maximum absolute atomic E-state index is 6.05. The van der Waals surface area contributed by atoms with Crippen LogP contribution in [-0.4, -0.2) is 19.3 Å². The smallest absolute Gasteiger partial charge is 0.0792 e. The molecule has 0 aromatic heterocycles. The van der Waals surface area contributed by atoms with Gasteiger partial charge in [-0.15, -0.1) is 0 Å². The maximum atomic E-state index is 6.05. The van der Waals surface area contributed by atoms with Crippen LogP contribution < -0.4 is 5.32 Å². The fourth-order valence-electron chi connectivity index (χ4n) is 3.26. The second-order valence-electron chi connectivity index (χ2n) is 6.50. The van der Waals surface area contributed by atoms with Gasteiger partial charge in [0.2, 0.25) is 0 Å². The van der Waals surface area contributed by atoms with Crippen molar-refractivity contribution in [1.29, 1.82) is 0 Å². The van der Waals surface area contributed by atoms with Gasteiger partial charge in [0.05, 0.1) is 12.1 Å². The van der Waals surface area contributed by atoms with E-state index in [0.29, 0.717) is 5.92 Å². The van der Waals surface area contributed by atoms with Gasteiger partial charge in [0.25, 0.3) is 0 Å². The van der Waals surface area contributed by atoms with Crippen molar-refractivity contribution in [2.24, 2.45) is 5.92 Å². The fraction of sp³-hybridized carbons (Fsp3) is 0.684. The van der Waals surface area contributed by atoms with Crippen LogP contribution in [0.3, 0.4) is 0 Å². The van der Waals surface area contributed by atoms with Gasteiger partial charge in [0, 0.05) is 6.61 Å². The third kappa shape index (κ3) is 4.08. The molecule has 2 rings (SSSR count). The Hall–Kier alpha value is -0.860. The molecule has 2 atom stereocenters. The molecule has 1 aromatic rings. The molecule has 1 fully saturated rings. The number of ether oxygens (including phenoxy) is 1. The molecule has 2 nitrogen and oxygen atoms in total. The summed E-state index contributed by atoms with van der Waals surface area (Å²) < 4.78 is 6.05. The number of benzene rings is 1. The van der Waals surface area contributed by atoms with Gasteiger partial charge in [-0.1, -0.05) is 51.5 Å². The zero-order valence-corrected chi connectivity index (χ0v) is 14.1. The molecule has 1 saturated carbocycles. The predicted molar refractivity (Wildman–Crippen MR) is 89.7 cm³/mol. The molecule has 1 aliphatic carbocycles. The van der Waals surface area contributed by atoms with E-state index in [1.807, 2.05) is 0 Å². The average Bonchev–Trinajstić information content (AvgIpc) is 2.41. The minimum absolute atomic E-state index is 0.228. The van der Waals surface area contributed by atoms with E-state index in [2.05, 4.69) is 57.3 Å². The van der Waals surface area contributed by atoms with E-state index in [1.165, 1.54) is 30.4 Å². The molecule has 0 bridgehead atoms. The first kappa shape index (κ1) is 16.5. The largest absolute Gasteiger partial charge is 0.376 e. The molecule has 2 heteroatoms. The fourth-order valence-corrected chi connectivity index (χ4v) is 3.26. The molecule has 118 valence electrons. The maximum Gasteiger partial charge on any atom is 0.0792 e. The highest BCUT2D eigenvalue weighted by atomic mass is 16.5. The van der Waals surface area contributed by atoms with Crippen molar-refractivity contribution in [2.45, 2.75) is 65.0 Å². The Morgan fingerprint density at radius 3 is 2.52 bits per heavy atom. The second kappa shape index (κ2) is 7.95. The molecule has 0 amide bonds. The third-order valence-corrected chi connectivity index (χ3v) is 4.62. The molecule has 0 radical (unpaired) electrons. The van der Waals surface area contributed by atoms with Crippen LogP contribution in [0.5, 0.6) is 0 Å². The van der Waals surface area contributed by atoms with Gasteiger partial charge >= 0.3 is 0 Å². The zero-order valence-electron chi connectivity index (χ0n) is 14.1. The third-order valence-electron chi connectivity index (χ3n) is 4.62. The Bertz CT molecular complexity index is 425. The summed E-state index contributed by atoms with van der Waals surface area (Å²) in [6.07, 6.45) is 4.33. The van der Waals surface area contributed by atoms with Crippen LogP contribution in [0.4, 0.5) is 0 Å². The van der Waals surface area contributed by atoms with Crippen molar-refractivity contribution in [1.82, 2.24) is 5.32 Å². The molecule has 1 aromatic carbocycles. The van der Waals surface area contributed by atoms with E-state index in [1.54, 1.807) is 0 Å². The molecular formula is C19H31NO. The molecule has 0 heterocycles. The molecular weight excluding hydrogens is 258 g/mol. The van der Waals surface area contributed by atoms with Crippen LogP contribution in [0.2, 0.25) is 0 Å². The van der Waals surface area contributed by atoms with Gasteiger partial charge in [0.1, 0.15) is 0 Å². The van der Waals surface area contributed by atoms with E-state index >= 15 is 0 Å². The van der Waals surface area contributed by atoms with Crippen molar-refractivity contribution >= 4 is 0 Å². The van der Waals surface area contributed by atoms with Crippen LogP contribution in [0.25, 0.3) is 0 Å². The van der Waals surface area contributed by atoms with Gasteiger partial charge in [-0.05, 0) is 49.3 Å². The first-order valence-corrected chi connectivity index (χ1v) is 8.62. The summed E-state index contributed by atoms with van der Waals surface area (Å²) in [6, 6.07) is 9.46. The summed E-state index contributed by atoms with van der Waals surface area (Å²) in [5.74, 6) is 1.29.